The van der Waals surface area contributed by atoms with Gasteiger partial charge >= 0.3 is 0 Å². The average molecular weight is 324 g/mol. The summed E-state index contributed by atoms with van der Waals surface area (Å²) in [5.41, 5.74) is 4.19. The van der Waals surface area contributed by atoms with E-state index in [1.807, 2.05) is 45.0 Å². The van der Waals surface area contributed by atoms with Gasteiger partial charge in [0.15, 0.2) is 5.43 Å². The number of nitrogens with zero attached hydrogens (tertiary/aromatic N) is 3. The first-order chi connectivity index (χ1) is 11.1. The first-order valence-corrected chi connectivity index (χ1v) is 8.38. The van der Waals surface area contributed by atoms with Gasteiger partial charge in [0, 0.05) is 11.3 Å². The molecule has 0 fully saturated rings. The molecule has 0 unspecified atom stereocenters. The fourth-order valence-corrected chi connectivity index (χ4v) is 3.93. The van der Waals surface area contributed by atoms with Gasteiger partial charge in [-0.25, -0.2) is 4.98 Å². The van der Waals surface area contributed by atoms with Crippen LogP contribution in [0.25, 0.3) is 26.4 Å². The Balaban J connectivity index is 2.06. The molecule has 0 atom stereocenters. The Hall–Kier alpha value is -2.47. The molecule has 4 aromatic rings. The summed E-state index contributed by atoms with van der Waals surface area (Å²) in [6, 6.07) is 7.99. The molecule has 0 aliphatic heterocycles. The summed E-state index contributed by atoms with van der Waals surface area (Å²) in [4.78, 5) is 20.7. The molecule has 0 saturated carbocycles. The number of aryl methyl sites for hydroxylation is 2. The number of hydrogen-bond acceptors (Lipinski definition) is 4. The largest absolute Gasteiger partial charge is 0.343 e. The summed E-state index contributed by atoms with van der Waals surface area (Å²) >= 11 is 1.57. The van der Waals surface area contributed by atoms with E-state index >= 15 is 0 Å². The Morgan fingerprint density at radius 2 is 2.04 bits per heavy atom. The predicted octanol–water partition coefficient (Wildman–Crippen LogP) is 3.50. The number of benzene rings is 1. The maximum absolute atomic E-state index is 12.7. The third kappa shape index (κ3) is 2.02. The zero-order valence-electron chi connectivity index (χ0n) is 13.2. The van der Waals surface area contributed by atoms with Gasteiger partial charge in [0.2, 0.25) is 5.13 Å². The van der Waals surface area contributed by atoms with Crippen molar-refractivity contribution in [1.29, 1.82) is 0 Å². The third-order valence-corrected chi connectivity index (χ3v) is 5.15. The van der Waals surface area contributed by atoms with Crippen LogP contribution in [0.4, 0.5) is 0 Å². The molecule has 116 valence electrons. The molecule has 0 aliphatic carbocycles. The Morgan fingerprint density at radius 1 is 1.26 bits per heavy atom. The van der Waals surface area contributed by atoms with Crippen molar-refractivity contribution in [1.82, 2.24) is 19.7 Å². The molecule has 5 nitrogen and oxygen atoms in total. The molecule has 3 aromatic heterocycles. The van der Waals surface area contributed by atoms with Crippen LogP contribution >= 0.6 is 11.3 Å². The maximum atomic E-state index is 12.7. The maximum Gasteiger partial charge on any atom is 0.213 e. The first kappa shape index (κ1) is 14.1. The molecular formula is C17H16N4OS. The van der Waals surface area contributed by atoms with Gasteiger partial charge < -0.3 is 4.98 Å². The second kappa shape index (κ2) is 5.03. The molecule has 4 rings (SSSR count). The van der Waals surface area contributed by atoms with E-state index in [4.69, 9.17) is 0 Å². The van der Waals surface area contributed by atoms with E-state index in [0.717, 1.165) is 37.9 Å². The first-order valence-electron chi connectivity index (χ1n) is 7.57. The second-order valence-corrected chi connectivity index (χ2v) is 6.61. The monoisotopic (exact) mass is 324 g/mol. The van der Waals surface area contributed by atoms with Gasteiger partial charge in [0.1, 0.15) is 5.65 Å². The zero-order chi connectivity index (χ0) is 16.1. The number of pyridine rings is 1. The molecule has 0 bridgehead atoms. The van der Waals surface area contributed by atoms with Crippen molar-refractivity contribution in [3.8, 4) is 5.13 Å². The molecule has 0 radical (unpaired) electrons. The van der Waals surface area contributed by atoms with Crippen LogP contribution in [-0.2, 0) is 6.42 Å². The van der Waals surface area contributed by atoms with E-state index in [1.54, 1.807) is 16.0 Å². The molecule has 0 spiro atoms. The summed E-state index contributed by atoms with van der Waals surface area (Å²) < 4.78 is 2.86. The minimum Gasteiger partial charge on any atom is -0.343 e. The van der Waals surface area contributed by atoms with Crippen LogP contribution in [-0.4, -0.2) is 19.7 Å². The highest BCUT2D eigenvalue weighted by Gasteiger charge is 2.18. The molecule has 1 aromatic carbocycles. The van der Waals surface area contributed by atoms with Gasteiger partial charge in [-0.2, -0.15) is 9.78 Å². The van der Waals surface area contributed by atoms with Crippen molar-refractivity contribution in [2.45, 2.75) is 27.2 Å². The lowest BCUT2D eigenvalue weighted by molar-refractivity contribution is 0.867. The summed E-state index contributed by atoms with van der Waals surface area (Å²) in [5.74, 6) is 0. The molecule has 3 heterocycles. The van der Waals surface area contributed by atoms with Crippen LogP contribution in [0.15, 0.2) is 29.1 Å². The average Bonchev–Trinajstić information content (AvgIpc) is 3.08. The Bertz CT molecular complexity index is 1070. The van der Waals surface area contributed by atoms with Gasteiger partial charge in [-0.3, -0.25) is 4.79 Å². The van der Waals surface area contributed by atoms with Gasteiger partial charge in [-0.1, -0.05) is 30.4 Å². The Morgan fingerprint density at radius 3 is 2.78 bits per heavy atom. The zero-order valence-corrected chi connectivity index (χ0v) is 14.0. The number of aromatic nitrogens is 4. The number of thiazole rings is 1. The lowest BCUT2D eigenvalue weighted by Crippen LogP contribution is -2.13. The standard InChI is InChI=1S/C17H16N4OS/c1-4-11-9(2)18-16-14(15(11)22)10(3)20-21(16)17-19-12-7-5-6-8-13(12)23-17/h5-8H,4H2,1-3H3,(H,18,22). The topological polar surface area (TPSA) is 63.6 Å². The smallest absolute Gasteiger partial charge is 0.213 e. The summed E-state index contributed by atoms with van der Waals surface area (Å²) in [7, 11) is 0. The Kier molecular flexibility index (Phi) is 3.09. The van der Waals surface area contributed by atoms with E-state index in [0.29, 0.717) is 11.8 Å². The number of fused-ring (bicyclic) bond motifs is 2. The van der Waals surface area contributed by atoms with Crippen molar-refractivity contribution < 1.29 is 0 Å². The number of rotatable bonds is 2. The predicted molar refractivity (Wildman–Crippen MR) is 93.7 cm³/mol. The van der Waals surface area contributed by atoms with E-state index in [9.17, 15) is 4.79 Å². The number of para-hydroxylation sites is 1. The highest BCUT2D eigenvalue weighted by Crippen LogP contribution is 2.27. The van der Waals surface area contributed by atoms with Gasteiger partial charge in [-0.05, 0) is 32.4 Å². The third-order valence-electron chi connectivity index (χ3n) is 4.14. The number of hydrogen-bond donors (Lipinski definition) is 1. The van der Waals surface area contributed by atoms with E-state index < -0.39 is 0 Å². The van der Waals surface area contributed by atoms with Crippen LogP contribution in [0.5, 0.6) is 0 Å². The summed E-state index contributed by atoms with van der Waals surface area (Å²) in [6.07, 6.45) is 0.711. The fraction of sp³-hybridized carbons (Fsp3) is 0.235. The summed E-state index contributed by atoms with van der Waals surface area (Å²) in [6.45, 7) is 5.80. The second-order valence-electron chi connectivity index (χ2n) is 5.60. The van der Waals surface area contributed by atoms with Gasteiger partial charge in [0.25, 0.3) is 0 Å². The minimum atomic E-state index is 0.0728. The lowest BCUT2D eigenvalue weighted by atomic mass is 10.1. The van der Waals surface area contributed by atoms with E-state index in [-0.39, 0.29) is 5.43 Å². The van der Waals surface area contributed by atoms with Crippen molar-refractivity contribution in [3.63, 3.8) is 0 Å². The normalized spacial score (nSPS) is 11.6. The quantitative estimate of drug-likeness (QED) is 0.614. The van der Waals surface area contributed by atoms with Crippen molar-refractivity contribution >= 4 is 32.6 Å². The highest BCUT2D eigenvalue weighted by atomic mass is 32.1. The van der Waals surface area contributed by atoms with Gasteiger partial charge in [-0.15, -0.1) is 0 Å². The molecule has 6 heteroatoms. The molecule has 1 N–H and O–H groups in total. The van der Waals surface area contributed by atoms with Crippen LogP contribution in [0.1, 0.15) is 23.9 Å². The van der Waals surface area contributed by atoms with Crippen LogP contribution < -0.4 is 5.43 Å². The minimum absolute atomic E-state index is 0.0728. The van der Waals surface area contributed by atoms with Crippen molar-refractivity contribution in [3.05, 3.63) is 51.4 Å². The van der Waals surface area contributed by atoms with Crippen LogP contribution in [0.2, 0.25) is 0 Å². The van der Waals surface area contributed by atoms with Crippen LogP contribution in [0.3, 0.4) is 0 Å². The molecule has 0 aliphatic rings. The van der Waals surface area contributed by atoms with E-state index in [1.165, 1.54) is 0 Å². The molecule has 0 amide bonds. The molecular weight excluding hydrogens is 308 g/mol. The van der Waals surface area contributed by atoms with Crippen molar-refractivity contribution in [2.24, 2.45) is 0 Å². The summed E-state index contributed by atoms with van der Waals surface area (Å²) in [5, 5.41) is 5.99. The fourth-order valence-electron chi connectivity index (χ4n) is 3.00. The van der Waals surface area contributed by atoms with E-state index in [2.05, 4.69) is 15.1 Å². The number of H-pyrrole nitrogens is 1. The SMILES string of the molecule is CCc1c(C)[nH]c2c(c(C)nn2-c2nc3ccccc3s2)c1=O. The number of aromatic amines is 1. The Labute approximate surface area is 136 Å². The number of nitrogens with one attached hydrogen (secondary N) is 1. The van der Waals surface area contributed by atoms with Crippen LogP contribution in [0, 0.1) is 13.8 Å². The highest BCUT2D eigenvalue weighted by molar-refractivity contribution is 7.20. The van der Waals surface area contributed by atoms with Gasteiger partial charge in [0.05, 0.1) is 21.3 Å². The van der Waals surface area contributed by atoms with Crippen molar-refractivity contribution in [2.75, 3.05) is 0 Å². The molecule has 0 saturated heterocycles. The lowest BCUT2D eigenvalue weighted by Gasteiger charge is -2.04. The molecule has 23 heavy (non-hydrogen) atoms.